The number of nitrogens with two attached hydrogens (primary N) is 2. The van der Waals surface area contributed by atoms with E-state index in [2.05, 4.69) is 20.3 Å². The predicted octanol–water partition coefficient (Wildman–Crippen LogP) is 1.69. The Morgan fingerprint density at radius 2 is 1.84 bits per heavy atom. The Hall–Kier alpha value is -2.76. The van der Waals surface area contributed by atoms with Crippen molar-refractivity contribution in [2.75, 3.05) is 16.8 Å². The van der Waals surface area contributed by atoms with E-state index in [0.29, 0.717) is 12.5 Å². The Kier molecular flexibility index (Phi) is 2.68. The highest BCUT2D eigenvalue weighted by molar-refractivity contribution is 5.63. The van der Waals surface area contributed by atoms with E-state index in [1.165, 1.54) is 0 Å². The Balaban J connectivity index is 1.77. The molecule has 3 rings (SSSR count). The first kappa shape index (κ1) is 11.3. The number of nitrogen functional groups attached to an aromatic ring is 2. The molecule has 0 spiro atoms. The van der Waals surface area contributed by atoms with Gasteiger partial charge in [-0.15, -0.1) is 0 Å². The van der Waals surface area contributed by atoms with Crippen LogP contribution in [0.25, 0.3) is 11.4 Å². The van der Waals surface area contributed by atoms with Gasteiger partial charge >= 0.3 is 0 Å². The summed E-state index contributed by atoms with van der Waals surface area (Å²) in [6, 6.07) is 7.60. The maximum atomic E-state index is 5.64. The zero-order chi connectivity index (χ0) is 13.2. The molecule has 0 unspecified atom stereocenters. The molecule has 0 saturated carbocycles. The van der Waals surface area contributed by atoms with Crippen molar-refractivity contribution >= 4 is 17.3 Å². The summed E-state index contributed by atoms with van der Waals surface area (Å²) in [5, 5.41) is 3.31. The molecular weight excluding hydrogens is 240 g/mol. The van der Waals surface area contributed by atoms with Crippen molar-refractivity contribution in [2.45, 2.75) is 6.54 Å². The van der Waals surface area contributed by atoms with Crippen LogP contribution in [0, 0.1) is 0 Å². The monoisotopic (exact) mass is 254 g/mol. The van der Waals surface area contributed by atoms with Crippen molar-refractivity contribution in [3.05, 3.63) is 42.2 Å². The van der Waals surface area contributed by atoms with E-state index in [4.69, 9.17) is 11.5 Å². The number of nitrogens with one attached hydrogen (secondary N) is 2. The molecule has 6 heteroatoms. The predicted molar refractivity (Wildman–Crippen MR) is 75.6 cm³/mol. The van der Waals surface area contributed by atoms with Crippen LogP contribution in [0.3, 0.4) is 0 Å². The van der Waals surface area contributed by atoms with Gasteiger partial charge in [-0.05, 0) is 24.3 Å². The van der Waals surface area contributed by atoms with Crippen molar-refractivity contribution in [1.29, 1.82) is 0 Å². The Labute approximate surface area is 110 Å². The minimum absolute atomic E-state index is 0.364. The second-order valence-corrected chi connectivity index (χ2v) is 4.29. The summed E-state index contributed by atoms with van der Waals surface area (Å²) in [7, 11) is 0. The molecule has 0 aromatic heterocycles. The van der Waals surface area contributed by atoms with Crippen molar-refractivity contribution in [2.24, 2.45) is 0 Å². The van der Waals surface area contributed by atoms with E-state index in [-0.39, 0.29) is 0 Å². The average molecular weight is 254 g/mol. The second-order valence-electron chi connectivity index (χ2n) is 4.29. The van der Waals surface area contributed by atoms with E-state index in [1.54, 1.807) is 6.20 Å². The number of H-pyrrole nitrogens is 1. The Morgan fingerprint density at radius 1 is 1.05 bits per heavy atom. The number of benzene rings is 1. The fourth-order valence-corrected chi connectivity index (χ4v) is 1.90. The fraction of sp³-hybridized carbons (Fsp3) is 0.0769. The van der Waals surface area contributed by atoms with Crippen LogP contribution in [0.5, 0.6) is 0 Å². The number of rotatable bonds is 3. The number of hydrogen-bond donors (Lipinski definition) is 4. The summed E-state index contributed by atoms with van der Waals surface area (Å²) < 4.78 is 0. The molecule has 0 saturated heterocycles. The number of nitrogens with zero attached hydrogens (tertiary/aromatic N) is 2. The van der Waals surface area contributed by atoms with Crippen LogP contribution in [0.4, 0.5) is 17.3 Å². The molecule has 6 nitrogen and oxygen atoms in total. The van der Waals surface area contributed by atoms with Gasteiger partial charge in [-0.2, -0.15) is 0 Å². The summed E-state index contributed by atoms with van der Waals surface area (Å²) in [6.07, 6.45) is 3.54. The van der Waals surface area contributed by atoms with Crippen LogP contribution in [-0.4, -0.2) is 15.0 Å². The van der Waals surface area contributed by atoms with Gasteiger partial charge in [-0.1, -0.05) is 0 Å². The maximum absolute atomic E-state index is 5.64. The largest absolute Gasteiger partial charge is 0.399 e. The molecule has 2 heterocycles. The number of aromatic nitrogens is 3. The third-order valence-electron chi connectivity index (χ3n) is 2.92. The molecule has 0 bridgehead atoms. The van der Waals surface area contributed by atoms with Crippen LogP contribution in [0.15, 0.2) is 36.7 Å². The Bertz CT molecular complexity index is 657. The summed E-state index contributed by atoms with van der Waals surface area (Å²) in [4.78, 5) is 11.2. The van der Waals surface area contributed by atoms with Gasteiger partial charge in [-0.25, -0.2) is 9.97 Å². The number of aromatic amines is 1. The SMILES string of the molecule is Nc1ccc(NCc2cnc3[nH]c(N)ncc2-3)cc1. The van der Waals surface area contributed by atoms with Crippen LogP contribution in [-0.2, 0) is 6.54 Å². The van der Waals surface area contributed by atoms with Gasteiger partial charge in [0.15, 0.2) is 5.95 Å². The van der Waals surface area contributed by atoms with E-state index < -0.39 is 0 Å². The molecule has 0 aliphatic carbocycles. The van der Waals surface area contributed by atoms with Gasteiger partial charge in [0.25, 0.3) is 0 Å². The number of fused-ring (bicyclic) bond motifs is 1. The highest BCUT2D eigenvalue weighted by atomic mass is 15.0. The lowest BCUT2D eigenvalue weighted by Crippen LogP contribution is -2.01. The minimum Gasteiger partial charge on any atom is -0.399 e. The molecule has 2 aliphatic heterocycles. The second kappa shape index (κ2) is 4.49. The smallest absolute Gasteiger partial charge is 0.198 e. The molecule has 19 heavy (non-hydrogen) atoms. The first-order chi connectivity index (χ1) is 9.22. The van der Waals surface area contributed by atoms with Crippen molar-refractivity contribution < 1.29 is 0 Å². The number of anilines is 3. The molecule has 0 amide bonds. The van der Waals surface area contributed by atoms with Gasteiger partial charge in [-0.3, -0.25) is 0 Å². The molecule has 1 aromatic carbocycles. The quantitative estimate of drug-likeness (QED) is 0.532. The minimum atomic E-state index is 0.364. The molecule has 0 fully saturated rings. The zero-order valence-electron chi connectivity index (χ0n) is 10.2. The van der Waals surface area contributed by atoms with E-state index in [1.807, 2.05) is 30.5 Å². The topological polar surface area (TPSA) is 106 Å². The van der Waals surface area contributed by atoms with Gasteiger partial charge in [0, 0.05) is 41.4 Å². The molecule has 0 atom stereocenters. The number of hydrogen-bond acceptors (Lipinski definition) is 5. The lowest BCUT2D eigenvalue weighted by Gasteiger charge is -2.07. The van der Waals surface area contributed by atoms with Crippen molar-refractivity contribution in [3.63, 3.8) is 0 Å². The van der Waals surface area contributed by atoms with Crippen LogP contribution < -0.4 is 16.8 Å². The third kappa shape index (κ3) is 2.28. The molecule has 0 radical (unpaired) electrons. The zero-order valence-corrected chi connectivity index (χ0v) is 10.2. The molecule has 96 valence electrons. The fourth-order valence-electron chi connectivity index (χ4n) is 1.90. The van der Waals surface area contributed by atoms with E-state index in [0.717, 1.165) is 28.3 Å². The first-order valence-electron chi connectivity index (χ1n) is 5.90. The van der Waals surface area contributed by atoms with Crippen molar-refractivity contribution in [1.82, 2.24) is 15.0 Å². The molecule has 2 aliphatic rings. The van der Waals surface area contributed by atoms with Crippen LogP contribution in [0.2, 0.25) is 0 Å². The third-order valence-corrected chi connectivity index (χ3v) is 2.92. The summed E-state index contributed by atoms with van der Waals surface area (Å²) in [5.41, 5.74) is 15.0. The Morgan fingerprint density at radius 3 is 2.63 bits per heavy atom. The van der Waals surface area contributed by atoms with Gasteiger partial charge in [0.2, 0.25) is 0 Å². The standard InChI is InChI=1S/C13H14N6/c14-9-1-3-10(4-2-9)16-5-8-6-17-12-11(8)7-18-13(15)19-12/h1-4,6-7,16H,5,14H2,(H3,15,17,18,19). The highest BCUT2D eigenvalue weighted by Gasteiger charge is 2.12. The average Bonchev–Trinajstić information content (AvgIpc) is 2.80. The molecular formula is C13H14N6. The van der Waals surface area contributed by atoms with E-state index >= 15 is 0 Å². The van der Waals surface area contributed by atoms with Crippen LogP contribution in [0.1, 0.15) is 5.56 Å². The molecule has 1 aromatic rings. The van der Waals surface area contributed by atoms with E-state index in [9.17, 15) is 0 Å². The summed E-state index contributed by atoms with van der Waals surface area (Å²) in [5.74, 6) is 1.12. The van der Waals surface area contributed by atoms with Crippen LogP contribution >= 0.6 is 0 Å². The lowest BCUT2D eigenvalue weighted by atomic mass is 10.2. The summed E-state index contributed by atoms with van der Waals surface area (Å²) >= 11 is 0. The normalized spacial score (nSPS) is 10.7. The maximum Gasteiger partial charge on any atom is 0.198 e. The molecule has 6 N–H and O–H groups in total. The van der Waals surface area contributed by atoms with Gasteiger partial charge < -0.3 is 21.8 Å². The van der Waals surface area contributed by atoms with Crippen molar-refractivity contribution in [3.8, 4) is 11.4 Å². The van der Waals surface area contributed by atoms with Gasteiger partial charge in [0.1, 0.15) is 5.82 Å². The first-order valence-corrected chi connectivity index (χ1v) is 5.90. The van der Waals surface area contributed by atoms with Gasteiger partial charge in [0.05, 0.1) is 0 Å². The summed E-state index contributed by atoms with van der Waals surface area (Å²) in [6.45, 7) is 0.667. The highest BCUT2D eigenvalue weighted by Crippen LogP contribution is 2.23. The lowest BCUT2D eigenvalue weighted by molar-refractivity contribution is 1.13.